The average molecular weight is 656 g/mol. The normalized spacial score (nSPS) is 14.3. The number of nitrogens with zero attached hydrogens (tertiary/aromatic N) is 2. The molecule has 0 amide bonds. The SMILES string of the molecule is CC1(C)c2ccccc2-c2cccc(-c3cccc(C(N=Cc4c5ccccc5cc5ccc6ccccc6c45)N=C(N)c4ccccc4)c3)c21. The molecule has 1 aliphatic carbocycles. The van der Waals surface area contributed by atoms with Crippen molar-refractivity contribution in [3.05, 3.63) is 192 Å². The summed E-state index contributed by atoms with van der Waals surface area (Å²) in [5.74, 6) is 0.452. The third-order valence-corrected chi connectivity index (χ3v) is 10.5. The summed E-state index contributed by atoms with van der Waals surface area (Å²) in [6.07, 6.45) is 1.45. The lowest BCUT2D eigenvalue weighted by atomic mass is 9.78. The Morgan fingerprint density at radius 2 is 1.25 bits per heavy atom. The van der Waals surface area contributed by atoms with Crippen LogP contribution in [0.5, 0.6) is 0 Å². The van der Waals surface area contributed by atoms with Crippen LogP contribution >= 0.6 is 0 Å². The van der Waals surface area contributed by atoms with Crippen molar-refractivity contribution < 1.29 is 0 Å². The van der Waals surface area contributed by atoms with Crippen LogP contribution in [0.4, 0.5) is 0 Å². The van der Waals surface area contributed by atoms with Crippen LogP contribution < -0.4 is 5.73 Å². The maximum atomic E-state index is 6.74. The number of aliphatic imine (C=N–C) groups is 2. The molecule has 0 fully saturated rings. The molecule has 0 aliphatic heterocycles. The number of fused-ring (bicyclic) bond motifs is 7. The second kappa shape index (κ2) is 12.2. The smallest absolute Gasteiger partial charge is 0.167 e. The van der Waals surface area contributed by atoms with Crippen LogP contribution in [0.3, 0.4) is 0 Å². The van der Waals surface area contributed by atoms with E-state index in [-0.39, 0.29) is 5.41 Å². The molecule has 0 bridgehead atoms. The van der Waals surface area contributed by atoms with Crippen molar-refractivity contribution in [2.45, 2.75) is 25.4 Å². The summed E-state index contributed by atoms with van der Waals surface area (Å²) in [5.41, 5.74) is 17.2. The number of hydrogen-bond donors (Lipinski definition) is 1. The molecule has 8 aromatic carbocycles. The molecule has 2 N–H and O–H groups in total. The molecule has 244 valence electrons. The van der Waals surface area contributed by atoms with Gasteiger partial charge in [0.15, 0.2) is 6.17 Å². The van der Waals surface area contributed by atoms with Gasteiger partial charge in [-0.2, -0.15) is 0 Å². The van der Waals surface area contributed by atoms with Crippen LogP contribution in [0.25, 0.3) is 54.6 Å². The Morgan fingerprint density at radius 1 is 0.588 bits per heavy atom. The Bertz CT molecular complexity index is 2680. The largest absolute Gasteiger partial charge is 0.383 e. The summed E-state index contributed by atoms with van der Waals surface area (Å²) < 4.78 is 0. The van der Waals surface area contributed by atoms with Crippen LogP contribution in [-0.4, -0.2) is 12.1 Å². The lowest BCUT2D eigenvalue weighted by Gasteiger charge is -2.24. The Balaban J connectivity index is 1.23. The van der Waals surface area contributed by atoms with Crippen molar-refractivity contribution in [3.8, 4) is 22.3 Å². The third-order valence-electron chi connectivity index (χ3n) is 10.5. The van der Waals surface area contributed by atoms with Gasteiger partial charge in [0.1, 0.15) is 5.84 Å². The van der Waals surface area contributed by atoms with Crippen molar-refractivity contribution in [1.82, 2.24) is 0 Å². The molecule has 9 rings (SSSR count). The maximum absolute atomic E-state index is 6.74. The average Bonchev–Trinajstić information content (AvgIpc) is 3.42. The third kappa shape index (κ3) is 5.21. The van der Waals surface area contributed by atoms with Crippen LogP contribution in [0.15, 0.2) is 174 Å². The first kappa shape index (κ1) is 30.7. The molecule has 1 aliphatic rings. The van der Waals surface area contributed by atoms with E-state index in [4.69, 9.17) is 15.7 Å². The number of benzene rings is 8. The number of nitrogens with two attached hydrogens (primary N) is 1. The minimum absolute atomic E-state index is 0.135. The first-order valence-electron chi connectivity index (χ1n) is 17.6. The number of amidine groups is 1. The van der Waals surface area contributed by atoms with Crippen molar-refractivity contribution in [1.29, 1.82) is 0 Å². The lowest BCUT2D eigenvalue weighted by Crippen LogP contribution is -2.16. The Morgan fingerprint density at radius 3 is 2.12 bits per heavy atom. The molecular weight excluding hydrogens is 619 g/mol. The van der Waals surface area contributed by atoms with E-state index in [1.54, 1.807) is 0 Å². The van der Waals surface area contributed by atoms with Crippen molar-refractivity contribution in [2.75, 3.05) is 0 Å². The van der Waals surface area contributed by atoms with Gasteiger partial charge < -0.3 is 5.73 Å². The van der Waals surface area contributed by atoms with Gasteiger partial charge in [0.25, 0.3) is 0 Å². The molecular formula is C48H37N3. The first-order valence-corrected chi connectivity index (χ1v) is 17.6. The van der Waals surface area contributed by atoms with E-state index in [2.05, 4.69) is 147 Å². The maximum Gasteiger partial charge on any atom is 0.167 e. The second-order valence-electron chi connectivity index (χ2n) is 14.0. The van der Waals surface area contributed by atoms with Gasteiger partial charge in [-0.25, -0.2) is 4.99 Å². The number of hydrogen-bond acceptors (Lipinski definition) is 2. The number of rotatable bonds is 6. The van der Waals surface area contributed by atoms with Crippen LogP contribution in [0, 0.1) is 0 Å². The summed E-state index contributed by atoms with van der Waals surface area (Å²) in [7, 11) is 0. The van der Waals surface area contributed by atoms with Crippen molar-refractivity contribution in [2.24, 2.45) is 15.7 Å². The van der Waals surface area contributed by atoms with Gasteiger partial charge in [-0.1, -0.05) is 166 Å². The molecule has 0 heterocycles. The highest BCUT2D eigenvalue weighted by atomic mass is 15.0. The summed E-state index contributed by atoms with van der Waals surface area (Å²) >= 11 is 0. The zero-order valence-electron chi connectivity index (χ0n) is 28.7. The van der Waals surface area contributed by atoms with E-state index in [1.807, 2.05) is 36.5 Å². The molecule has 1 unspecified atom stereocenters. The van der Waals surface area contributed by atoms with Crippen molar-refractivity contribution >= 4 is 44.4 Å². The molecule has 0 spiro atoms. The highest BCUT2D eigenvalue weighted by molar-refractivity contribution is 6.21. The first-order chi connectivity index (χ1) is 25.0. The highest BCUT2D eigenvalue weighted by Crippen LogP contribution is 2.52. The lowest BCUT2D eigenvalue weighted by molar-refractivity contribution is 0.662. The summed E-state index contributed by atoms with van der Waals surface area (Å²) in [6, 6.07) is 57.9. The van der Waals surface area contributed by atoms with Gasteiger partial charge in [-0.3, -0.25) is 4.99 Å². The van der Waals surface area contributed by atoms with E-state index >= 15 is 0 Å². The van der Waals surface area contributed by atoms with E-state index in [1.165, 1.54) is 54.7 Å². The molecule has 51 heavy (non-hydrogen) atoms. The van der Waals surface area contributed by atoms with E-state index in [0.29, 0.717) is 5.84 Å². The van der Waals surface area contributed by atoms with E-state index in [9.17, 15) is 0 Å². The molecule has 0 saturated carbocycles. The molecule has 8 aromatic rings. The summed E-state index contributed by atoms with van der Waals surface area (Å²) in [4.78, 5) is 10.4. The Labute approximate surface area is 298 Å². The van der Waals surface area contributed by atoms with Gasteiger partial charge in [0.05, 0.1) is 0 Å². The molecule has 0 saturated heterocycles. The predicted octanol–water partition coefficient (Wildman–Crippen LogP) is 11.6. The molecule has 0 aromatic heterocycles. The zero-order valence-corrected chi connectivity index (χ0v) is 28.7. The van der Waals surface area contributed by atoms with Gasteiger partial charge >= 0.3 is 0 Å². The summed E-state index contributed by atoms with van der Waals surface area (Å²) in [5, 5.41) is 7.10. The van der Waals surface area contributed by atoms with Gasteiger partial charge in [0, 0.05) is 22.8 Å². The minimum atomic E-state index is -0.573. The Kier molecular flexibility index (Phi) is 7.36. The fourth-order valence-corrected chi connectivity index (χ4v) is 8.12. The second-order valence-corrected chi connectivity index (χ2v) is 14.0. The predicted molar refractivity (Wildman–Crippen MR) is 216 cm³/mol. The van der Waals surface area contributed by atoms with Gasteiger partial charge in [0.2, 0.25) is 0 Å². The van der Waals surface area contributed by atoms with Crippen LogP contribution in [0.2, 0.25) is 0 Å². The minimum Gasteiger partial charge on any atom is -0.383 e. The molecule has 0 radical (unpaired) electrons. The van der Waals surface area contributed by atoms with E-state index in [0.717, 1.165) is 27.6 Å². The summed E-state index contributed by atoms with van der Waals surface area (Å²) in [6.45, 7) is 4.67. The topological polar surface area (TPSA) is 50.7 Å². The highest BCUT2D eigenvalue weighted by Gasteiger charge is 2.37. The van der Waals surface area contributed by atoms with Crippen LogP contribution in [0.1, 0.15) is 47.8 Å². The molecule has 3 nitrogen and oxygen atoms in total. The Hall–Kier alpha value is -6.32. The zero-order chi connectivity index (χ0) is 34.5. The fraction of sp³-hybridized carbons (Fsp3) is 0.0833. The molecule has 3 heteroatoms. The van der Waals surface area contributed by atoms with Crippen LogP contribution in [-0.2, 0) is 5.41 Å². The standard InChI is InChI=1S/C48H37N3/c1-48(2)43-25-11-10-22-40(43)41-24-13-23-39(45(41)48)34-18-12-19-36(29-34)47(51-46(49)32-15-4-3-5-16-32)50-30-42-37-20-8-7-17-33(37)28-35-27-26-31-14-6-9-21-38(31)44(35)42/h3-30,47H,1-2H3,(H2,49,51). The fourth-order valence-electron chi connectivity index (χ4n) is 8.12. The monoisotopic (exact) mass is 655 g/mol. The van der Waals surface area contributed by atoms with Gasteiger partial charge in [-0.15, -0.1) is 0 Å². The van der Waals surface area contributed by atoms with Crippen molar-refractivity contribution in [3.63, 3.8) is 0 Å². The van der Waals surface area contributed by atoms with Gasteiger partial charge in [-0.05, 0) is 83.4 Å². The van der Waals surface area contributed by atoms with E-state index < -0.39 is 6.17 Å². The molecule has 1 atom stereocenters. The quantitative estimate of drug-likeness (QED) is 0.0824.